The third-order valence-corrected chi connectivity index (χ3v) is 6.26. The molecule has 0 amide bonds. The first kappa shape index (κ1) is 17.4. The van der Waals surface area contributed by atoms with Crippen LogP contribution in [0.15, 0.2) is 35.2 Å². The number of fused-ring (bicyclic) bond motifs is 1. The molecule has 0 aliphatic carbocycles. The maximum absolute atomic E-state index is 12.4. The van der Waals surface area contributed by atoms with Crippen molar-refractivity contribution >= 4 is 9.84 Å². The van der Waals surface area contributed by atoms with Crippen molar-refractivity contribution in [3.63, 3.8) is 0 Å². The Hall–Kier alpha value is -1.03. The molecule has 3 aliphatic heterocycles. The Morgan fingerprint density at radius 1 is 1.04 bits per heavy atom. The predicted molar refractivity (Wildman–Crippen MR) is 86.4 cm³/mol. The summed E-state index contributed by atoms with van der Waals surface area (Å²) in [4.78, 5) is 0.265. The molecule has 0 aromatic heterocycles. The van der Waals surface area contributed by atoms with Gasteiger partial charge >= 0.3 is 0 Å². The van der Waals surface area contributed by atoms with Gasteiger partial charge in [0.1, 0.15) is 18.0 Å². The van der Waals surface area contributed by atoms with Crippen LogP contribution in [0.5, 0.6) is 0 Å². The number of rotatable bonds is 4. The zero-order chi connectivity index (χ0) is 17.7. The van der Waals surface area contributed by atoms with Gasteiger partial charge in [-0.3, -0.25) is 0 Å². The highest BCUT2D eigenvalue weighted by molar-refractivity contribution is 7.91. The Morgan fingerprint density at radius 2 is 1.80 bits per heavy atom. The molecule has 3 heterocycles. The zero-order valence-electron chi connectivity index (χ0n) is 14.2. The third kappa shape index (κ3) is 3.60. The fourth-order valence-corrected chi connectivity index (χ4v) is 4.73. The molecule has 0 bridgehead atoms. The van der Waals surface area contributed by atoms with E-state index in [1.54, 1.807) is 30.3 Å². The fraction of sp³-hybridized carbons (Fsp3) is 0.647. The summed E-state index contributed by atoms with van der Waals surface area (Å²) in [5, 5.41) is 0. The first-order chi connectivity index (χ1) is 11.8. The van der Waals surface area contributed by atoms with E-state index < -0.39 is 28.2 Å². The molecule has 5 atom stereocenters. The lowest BCUT2D eigenvalue weighted by Crippen LogP contribution is -2.33. The quantitative estimate of drug-likeness (QED) is 0.794. The van der Waals surface area contributed by atoms with Crippen molar-refractivity contribution < 1.29 is 32.1 Å². The molecule has 0 spiro atoms. The zero-order valence-corrected chi connectivity index (χ0v) is 15.0. The van der Waals surface area contributed by atoms with Gasteiger partial charge < -0.3 is 23.7 Å². The van der Waals surface area contributed by atoms with Crippen molar-refractivity contribution in [3.05, 3.63) is 30.3 Å². The summed E-state index contributed by atoms with van der Waals surface area (Å²) in [5.74, 6) is -0.854. The lowest BCUT2D eigenvalue weighted by molar-refractivity contribution is -0.215. The van der Waals surface area contributed by atoms with E-state index in [1.165, 1.54) is 0 Å². The Morgan fingerprint density at radius 3 is 2.52 bits per heavy atom. The summed E-state index contributed by atoms with van der Waals surface area (Å²) in [6.45, 7) is 4.00. The van der Waals surface area contributed by atoms with E-state index in [0.717, 1.165) is 0 Å². The predicted octanol–water partition coefficient (Wildman–Crippen LogP) is 1.47. The fourth-order valence-electron chi connectivity index (χ4n) is 3.44. The summed E-state index contributed by atoms with van der Waals surface area (Å²) in [6.07, 6.45) is -1.24. The average molecular weight is 370 g/mol. The molecule has 138 valence electrons. The monoisotopic (exact) mass is 370 g/mol. The summed E-state index contributed by atoms with van der Waals surface area (Å²) in [5.41, 5.74) is 0. The molecule has 1 aromatic rings. The van der Waals surface area contributed by atoms with E-state index in [0.29, 0.717) is 13.0 Å². The normalized spacial score (nSPS) is 37.3. The van der Waals surface area contributed by atoms with Gasteiger partial charge in [-0.1, -0.05) is 18.2 Å². The van der Waals surface area contributed by atoms with Gasteiger partial charge in [0, 0.05) is 6.42 Å². The molecule has 0 saturated carbocycles. The lowest BCUT2D eigenvalue weighted by Gasteiger charge is -2.22. The SMILES string of the molecule is CC1(C)O[C@H]2O[C@H]([C@H]3CO[C@@H](CS(=O)(=O)c4ccccc4)O3)C[C@H]2O1. The van der Waals surface area contributed by atoms with Gasteiger partial charge in [-0.05, 0) is 26.0 Å². The summed E-state index contributed by atoms with van der Waals surface area (Å²) < 4.78 is 53.5. The third-order valence-electron chi connectivity index (χ3n) is 4.56. The van der Waals surface area contributed by atoms with Crippen molar-refractivity contribution in [2.45, 2.75) is 61.8 Å². The molecular formula is C17H22O7S. The average Bonchev–Trinajstić information content (AvgIpc) is 3.20. The van der Waals surface area contributed by atoms with E-state index in [-0.39, 0.29) is 29.0 Å². The number of hydrogen-bond donors (Lipinski definition) is 0. The minimum Gasteiger partial charge on any atom is -0.349 e. The Labute approximate surface area is 147 Å². The van der Waals surface area contributed by atoms with Crippen molar-refractivity contribution in [1.82, 2.24) is 0 Å². The Kier molecular flexibility index (Phi) is 4.38. The minimum atomic E-state index is -3.46. The van der Waals surface area contributed by atoms with Crippen LogP contribution in [0.25, 0.3) is 0 Å². The first-order valence-electron chi connectivity index (χ1n) is 8.38. The highest BCUT2D eigenvalue weighted by atomic mass is 32.2. The summed E-state index contributed by atoms with van der Waals surface area (Å²) in [7, 11) is -3.46. The maximum Gasteiger partial charge on any atom is 0.187 e. The molecule has 3 saturated heterocycles. The van der Waals surface area contributed by atoms with Gasteiger partial charge in [-0.15, -0.1) is 0 Å². The minimum absolute atomic E-state index is 0.129. The van der Waals surface area contributed by atoms with E-state index in [4.69, 9.17) is 23.7 Å². The lowest BCUT2D eigenvalue weighted by atomic mass is 10.1. The second-order valence-corrected chi connectivity index (χ2v) is 9.02. The van der Waals surface area contributed by atoms with E-state index >= 15 is 0 Å². The summed E-state index contributed by atoms with van der Waals surface area (Å²) >= 11 is 0. The topological polar surface area (TPSA) is 80.3 Å². The van der Waals surface area contributed by atoms with Crippen LogP contribution in [0.1, 0.15) is 20.3 Å². The molecule has 25 heavy (non-hydrogen) atoms. The number of benzene rings is 1. The van der Waals surface area contributed by atoms with Gasteiger partial charge in [0.15, 0.2) is 28.2 Å². The van der Waals surface area contributed by atoms with Crippen LogP contribution in [0.3, 0.4) is 0 Å². The van der Waals surface area contributed by atoms with Crippen LogP contribution in [0.2, 0.25) is 0 Å². The smallest absolute Gasteiger partial charge is 0.187 e. The van der Waals surface area contributed by atoms with Crippen LogP contribution in [-0.4, -0.2) is 57.5 Å². The summed E-state index contributed by atoms with van der Waals surface area (Å²) in [6, 6.07) is 8.30. The van der Waals surface area contributed by atoms with Crippen LogP contribution < -0.4 is 0 Å². The van der Waals surface area contributed by atoms with Crippen molar-refractivity contribution in [2.75, 3.05) is 12.4 Å². The molecule has 7 nitrogen and oxygen atoms in total. The van der Waals surface area contributed by atoms with Crippen LogP contribution >= 0.6 is 0 Å². The molecule has 0 radical (unpaired) electrons. The van der Waals surface area contributed by atoms with Gasteiger partial charge in [-0.2, -0.15) is 0 Å². The van der Waals surface area contributed by atoms with Gasteiger partial charge in [0.05, 0.1) is 17.6 Å². The van der Waals surface area contributed by atoms with Gasteiger partial charge in [-0.25, -0.2) is 8.42 Å². The number of sulfone groups is 1. The molecule has 1 aromatic carbocycles. The van der Waals surface area contributed by atoms with Crippen molar-refractivity contribution in [2.24, 2.45) is 0 Å². The van der Waals surface area contributed by atoms with E-state index in [9.17, 15) is 8.42 Å². The maximum atomic E-state index is 12.4. The highest BCUT2D eigenvalue weighted by Gasteiger charge is 2.51. The first-order valence-corrected chi connectivity index (χ1v) is 10.0. The van der Waals surface area contributed by atoms with Crippen LogP contribution in [-0.2, 0) is 33.5 Å². The van der Waals surface area contributed by atoms with Gasteiger partial charge in [0.2, 0.25) is 0 Å². The molecular weight excluding hydrogens is 348 g/mol. The molecule has 8 heteroatoms. The standard InChI is InChI=1S/C17H22O7S/c1-17(2)23-13-8-12(22-16(13)24-17)14-9-20-15(21-14)10-25(18,19)11-6-4-3-5-7-11/h3-7,12-16H,8-10H2,1-2H3/t12-,13+,14+,15+,16+/m0/s1. The second kappa shape index (κ2) is 6.29. The molecule has 3 aliphatic rings. The second-order valence-electron chi connectivity index (χ2n) is 6.98. The van der Waals surface area contributed by atoms with Crippen molar-refractivity contribution in [1.29, 1.82) is 0 Å². The van der Waals surface area contributed by atoms with Crippen LogP contribution in [0, 0.1) is 0 Å². The number of ether oxygens (including phenoxy) is 5. The van der Waals surface area contributed by atoms with Crippen molar-refractivity contribution in [3.8, 4) is 0 Å². The highest BCUT2D eigenvalue weighted by Crippen LogP contribution is 2.39. The Balaban J connectivity index is 1.34. The van der Waals surface area contributed by atoms with Crippen LogP contribution in [0.4, 0.5) is 0 Å². The molecule has 0 unspecified atom stereocenters. The van der Waals surface area contributed by atoms with E-state index in [1.807, 2.05) is 13.8 Å². The number of hydrogen-bond acceptors (Lipinski definition) is 7. The molecule has 0 N–H and O–H groups in total. The van der Waals surface area contributed by atoms with E-state index in [2.05, 4.69) is 0 Å². The largest absolute Gasteiger partial charge is 0.349 e. The van der Waals surface area contributed by atoms with Gasteiger partial charge in [0.25, 0.3) is 0 Å². The molecule has 3 fully saturated rings. The Bertz CT molecular complexity index is 702. The molecule has 4 rings (SSSR count).